The van der Waals surface area contributed by atoms with Gasteiger partial charge in [-0.15, -0.1) is 0 Å². The Morgan fingerprint density at radius 1 is 1.32 bits per heavy atom. The number of aliphatic hydroxyl groups is 1. The number of Topliss-reactive ketones (excluding diaryl/α,β-unsaturated/α-hetero) is 1. The van der Waals surface area contributed by atoms with Crippen molar-refractivity contribution >= 4 is 11.8 Å². The monoisotopic (exact) mass is 268 g/mol. The summed E-state index contributed by atoms with van der Waals surface area (Å²) in [5.74, 6) is -1.52. The SMILES string of the molecule is NC(N)(O)COC(=O)C12CC3CC(C1)C(=O)C(C3)C2. The summed E-state index contributed by atoms with van der Waals surface area (Å²) in [6.45, 7) is -0.415. The molecule has 2 atom stereocenters. The Balaban J connectivity index is 1.74. The molecule has 4 aliphatic rings. The lowest BCUT2D eigenvalue weighted by Crippen LogP contribution is -2.57. The van der Waals surface area contributed by atoms with E-state index in [0.717, 1.165) is 19.3 Å². The molecule has 2 unspecified atom stereocenters. The highest BCUT2D eigenvalue weighted by Gasteiger charge is 2.59. The van der Waals surface area contributed by atoms with Gasteiger partial charge in [-0.25, -0.2) is 0 Å². The molecule has 106 valence electrons. The zero-order chi connectivity index (χ0) is 13.8. The van der Waals surface area contributed by atoms with Crippen molar-refractivity contribution in [1.29, 1.82) is 0 Å². The minimum Gasteiger partial charge on any atom is -0.459 e. The molecule has 0 amide bonds. The van der Waals surface area contributed by atoms with E-state index in [4.69, 9.17) is 16.2 Å². The van der Waals surface area contributed by atoms with E-state index in [1.54, 1.807) is 0 Å². The Hall–Kier alpha value is -0.980. The first-order valence-corrected chi connectivity index (χ1v) is 6.80. The molecule has 0 heterocycles. The molecule has 6 nitrogen and oxygen atoms in total. The summed E-state index contributed by atoms with van der Waals surface area (Å²) in [6, 6.07) is 0. The van der Waals surface area contributed by atoms with Crippen LogP contribution in [0.3, 0.4) is 0 Å². The van der Waals surface area contributed by atoms with Crippen molar-refractivity contribution in [3.8, 4) is 0 Å². The Labute approximate surface area is 111 Å². The molecule has 4 bridgehead atoms. The second kappa shape index (κ2) is 4.01. The lowest BCUT2D eigenvalue weighted by atomic mass is 9.49. The number of ether oxygens (including phenoxy) is 1. The van der Waals surface area contributed by atoms with Crippen LogP contribution in [-0.4, -0.2) is 29.3 Å². The maximum Gasteiger partial charge on any atom is 0.312 e. The number of nitrogens with two attached hydrogens (primary N) is 2. The van der Waals surface area contributed by atoms with E-state index in [0.29, 0.717) is 24.5 Å². The molecule has 0 aromatic carbocycles. The van der Waals surface area contributed by atoms with Gasteiger partial charge in [-0.2, -0.15) is 0 Å². The van der Waals surface area contributed by atoms with E-state index in [2.05, 4.69) is 0 Å². The summed E-state index contributed by atoms with van der Waals surface area (Å²) in [5.41, 5.74) is 9.85. The van der Waals surface area contributed by atoms with Gasteiger partial charge in [-0.3, -0.25) is 21.1 Å². The summed E-state index contributed by atoms with van der Waals surface area (Å²) >= 11 is 0. The van der Waals surface area contributed by atoms with Gasteiger partial charge in [0, 0.05) is 11.8 Å². The molecule has 5 N–H and O–H groups in total. The average molecular weight is 268 g/mol. The second-order valence-electron chi connectivity index (χ2n) is 6.59. The summed E-state index contributed by atoms with van der Waals surface area (Å²) in [6.07, 6.45) is 3.81. The smallest absolute Gasteiger partial charge is 0.312 e. The Morgan fingerprint density at radius 3 is 2.42 bits per heavy atom. The normalized spacial score (nSPS) is 40.6. The third-order valence-corrected chi connectivity index (χ3v) is 4.86. The Morgan fingerprint density at radius 2 is 1.89 bits per heavy atom. The van der Waals surface area contributed by atoms with Crippen LogP contribution in [0, 0.1) is 23.2 Å². The average Bonchev–Trinajstić information content (AvgIpc) is 2.30. The van der Waals surface area contributed by atoms with Gasteiger partial charge < -0.3 is 9.84 Å². The summed E-state index contributed by atoms with van der Waals surface area (Å²) in [5, 5.41) is 9.21. The molecule has 0 aromatic heterocycles. The van der Waals surface area contributed by atoms with Gasteiger partial charge in [-0.05, 0) is 38.0 Å². The van der Waals surface area contributed by atoms with Gasteiger partial charge in [0.05, 0.1) is 5.41 Å². The molecule has 4 saturated carbocycles. The predicted octanol–water partition coefficient (Wildman–Crippen LogP) is -0.512. The third-order valence-electron chi connectivity index (χ3n) is 4.86. The van der Waals surface area contributed by atoms with Crippen LogP contribution >= 0.6 is 0 Å². The van der Waals surface area contributed by atoms with Crippen LogP contribution < -0.4 is 11.5 Å². The zero-order valence-corrected chi connectivity index (χ0v) is 10.8. The minimum atomic E-state index is -1.99. The first-order chi connectivity index (χ1) is 8.79. The highest BCUT2D eigenvalue weighted by molar-refractivity contribution is 5.89. The molecule has 0 aliphatic heterocycles. The summed E-state index contributed by atoms with van der Waals surface area (Å²) in [7, 11) is 0. The van der Waals surface area contributed by atoms with Gasteiger partial charge in [0.2, 0.25) is 5.85 Å². The van der Waals surface area contributed by atoms with Crippen molar-refractivity contribution in [1.82, 2.24) is 0 Å². The molecule has 0 spiro atoms. The number of hydrogen-bond acceptors (Lipinski definition) is 6. The molecule has 0 saturated heterocycles. The zero-order valence-electron chi connectivity index (χ0n) is 10.8. The fraction of sp³-hybridized carbons (Fsp3) is 0.846. The summed E-state index contributed by atoms with van der Waals surface area (Å²) in [4.78, 5) is 24.3. The highest BCUT2D eigenvalue weighted by Crippen LogP contribution is 2.59. The molecule has 6 heteroatoms. The molecule has 0 aromatic rings. The lowest BCUT2D eigenvalue weighted by molar-refractivity contribution is -0.180. The fourth-order valence-electron chi connectivity index (χ4n) is 4.33. The maximum atomic E-state index is 12.3. The van der Waals surface area contributed by atoms with Crippen LogP contribution in [0.25, 0.3) is 0 Å². The van der Waals surface area contributed by atoms with Gasteiger partial charge in [0.1, 0.15) is 12.4 Å². The van der Waals surface area contributed by atoms with Crippen LogP contribution in [0.1, 0.15) is 32.1 Å². The molecular weight excluding hydrogens is 248 g/mol. The van der Waals surface area contributed by atoms with Crippen molar-refractivity contribution in [3.63, 3.8) is 0 Å². The molecule has 4 fully saturated rings. The van der Waals surface area contributed by atoms with Gasteiger partial charge >= 0.3 is 5.97 Å². The van der Waals surface area contributed by atoms with Crippen molar-refractivity contribution in [2.24, 2.45) is 34.6 Å². The standard InChI is InChI=1S/C13H20N2O4/c14-13(15,18)6-19-11(17)12-3-7-1-8(4-12)10(16)9(2-7)5-12/h7-9,18H,1-6,14-15H2. The van der Waals surface area contributed by atoms with Crippen molar-refractivity contribution < 1.29 is 19.4 Å². The Bertz CT molecular complexity index is 411. The molecule has 4 rings (SSSR count). The van der Waals surface area contributed by atoms with Crippen LogP contribution in [0.2, 0.25) is 0 Å². The largest absolute Gasteiger partial charge is 0.459 e. The van der Waals surface area contributed by atoms with E-state index in [-0.39, 0.29) is 17.8 Å². The van der Waals surface area contributed by atoms with E-state index in [9.17, 15) is 14.7 Å². The third kappa shape index (κ3) is 2.17. The van der Waals surface area contributed by atoms with E-state index >= 15 is 0 Å². The van der Waals surface area contributed by atoms with Crippen LogP contribution in [0.15, 0.2) is 0 Å². The second-order valence-corrected chi connectivity index (χ2v) is 6.59. The van der Waals surface area contributed by atoms with Gasteiger partial charge in [0.25, 0.3) is 0 Å². The van der Waals surface area contributed by atoms with Crippen LogP contribution in [-0.2, 0) is 14.3 Å². The fourth-order valence-corrected chi connectivity index (χ4v) is 4.33. The minimum absolute atomic E-state index is 0.0217. The van der Waals surface area contributed by atoms with Gasteiger partial charge in [-0.1, -0.05) is 0 Å². The van der Waals surface area contributed by atoms with Crippen LogP contribution in [0.4, 0.5) is 0 Å². The number of carbonyl (C=O) groups excluding carboxylic acids is 2. The van der Waals surface area contributed by atoms with Gasteiger partial charge in [0.15, 0.2) is 0 Å². The molecular formula is C13H20N2O4. The van der Waals surface area contributed by atoms with E-state index in [1.165, 1.54) is 0 Å². The number of hydrogen-bond donors (Lipinski definition) is 3. The maximum absolute atomic E-state index is 12.3. The Kier molecular flexibility index (Phi) is 2.75. The first kappa shape index (κ1) is 13.0. The highest BCUT2D eigenvalue weighted by atomic mass is 16.5. The molecule has 4 aliphatic carbocycles. The van der Waals surface area contributed by atoms with Crippen molar-refractivity contribution in [2.45, 2.75) is 38.0 Å². The quantitative estimate of drug-likeness (QED) is 0.469. The lowest BCUT2D eigenvalue weighted by Gasteiger charge is -2.54. The number of esters is 1. The summed E-state index contributed by atoms with van der Waals surface area (Å²) < 4.78 is 5.08. The van der Waals surface area contributed by atoms with Crippen molar-refractivity contribution in [3.05, 3.63) is 0 Å². The molecule has 0 radical (unpaired) electrons. The topological polar surface area (TPSA) is 116 Å². The number of ketones is 1. The number of carbonyl (C=O) groups is 2. The molecule has 19 heavy (non-hydrogen) atoms. The number of rotatable bonds is 3. The van der Waals surface area contributed by atoms with Crippen LogP contribution in [0.5, 0.6) is 0 Å². The predicted molar refractivity (Wildman–Crippen MR) is 65.3 cm³/mol. The first-order valence-electron chi connectivity index (χ1n) is 6.80. The van der Waals surface area contributed by atoms with E-state index < -0.39 is 17.9 Å². The van der Waals surface area contributed by atoms with Crippen molar-refractivity contribution in [2.75, 3.05) is 6.61 Å². The van der Waals surface area contributed by atoms with E-state index in [1.807, 2.05) is 0 Å².